The molecule has 126 valence electrons. The molecule has 0 aliphatic carbocycles. The van der Waals surface area contributed by atoms with Crippen LogP contribution in [0.4, 0.5) is 0 Å². The zero-order chi connectivity index (χ0) is 16.9. The quantitative estimate of drug-likeness (QED) is 0.491. The maximum absolute atomic E-state index is 6.03. The number of aryl methyl sites for hydroxylation is 4. The summed E-state index contributed by atoms with van der Waals surface area (Å²) in [5, 5.41) is 1.84. The predicted molar refractivity (Wildman–Crippen MR) is 103 cm³/mol. The fourth-order valence-corrected chi connectivity index (χ4v) is 3.51. The van der Waals surface area contributed by atoms with Gasteiger partial charge in [-0.25, -0.2) is 4.98 Å². The highest BCUT2D eigenvalue weighted by atomic mass is 35.5. The molecule has 0 aliphatic rings. The lowest BCUT2D eigenvalue weighted by Crippen LogP contribution is -1.97. The van der Waals surface area contributed by atoms with Crippen LogP contribution in [0, 0.1) is 6.92 Å². The zero-order valence-corrected chi connectivity index (χ0v) is 15.3. The van der Waals surface area contributed by atoms with Crippen molar-refractivity contribution >= 4 is 22.6 Å². The van der Waals surface area contributed by atoms with Crippen LogP contribution >= 0.6 is 11.6 Å². The van der Waals surface area contributed by atoms with Gasteiger partial charge in [0.1, 0.15) is 5.65 Å². The third kappa shape index (κ3) is 4.18. The van der Waals surface area contributed by atoms with E-state index in [9.17, 15) is 0 Å². The Morgan fingerprint density at radius 3 is 2.58 bits per heavy atom. The molecule has 0 radical (unpaired) electrons. The second-order valence-electron chi connectivity index (χ2n) is 6.66. The van der Waals surface area contributed by atoms with Crippen LogP contribution in [0.5, 0.6) is 0 Å². The van der Waals surface area contributed by atoms with Gasteiger partial charge in [0.2, 0.25) is 0 Å². The van der Waals surface area contributed by atoms with E-state index in [1.54, 1.807) is 6.20 Å². The van der Waals surface area contributed by atoms with Crippen molar-refractivity contribution in [2.75, 3.05) is 0 Å². The highest BCUT2D eigenvalue weighted by molar-refractivity contribution is 6.31. The summed E-state index contributed by atoms with van der Waals surface area (Å²) in [6.45, 7) is 2.16. The van der Waals surface area contributed by atoms with Gasteiger partial charge in [0.05, 0.1) is 5.02 Å². The van der Waals surface area contributed by atoms with Gasteiger partial charge in [-0.05, 0) is 50.3 Å². The summed E-state index contributed by atoms with van der Waals surface area (Å²) in [6, 6.07) is 13.1. The van der Waals surface area contributed by atoms with Gasteiger partial charge in [0.25, 0.3) is 0 Å². The highest BCUT2D eigenvalue weighted by Gasteiger charge is 2.07. The van der Waals surface area contributed by atoms with Crippen LogP contribution in [0.2, 0.25) is 5.02 Å². The Morgan fingerprint density at radius 2 is 1.79 bits per heavy atom. The van der Waals surface area contributed by atoms with E-state index < -0.39 is 0 Å². The minimum atomic E-state index is 0.704. The SMILES string of the molecule is Cc1cccc(CCCCCCc2cc3cc(Cl)cnc3n2C)c1. The predicted octanol–water partition coefficient (Wildman–Crippen LogP) is 5.88. The van der Waals surface area contributed by atoms with Crippen molar-refractivity contribution in [3.63, 3.8) is 0 Å². The summed E-state index contributed by atoms with van der Waals surface area (Å²) in [4.78, 5) is 4.43. The zero-order valence-electron chi connectivity index (χ0n) is 14.6. The van der Waals surface area contributed by atoms with Crippen molar-refractivity contribution in [2.45, 2.75) is 45.4 Å². The lowest BCUT2D eigenvalue weighted by molar-refractivity contribution is 0.628. The Bertz CT molecular complexity index is 820. The van der Waals surface area contributed by atoms with Gasteiger partial charge >= 0.3 is 0 Å². The first-order valence-corrected chi connectivity index (χ1v) is 9.17. The Morgan fingerprint density at radius 1 is 1.00 bits per heavy atom. The third-order valence-electron chi connectivity index (χ3n) is 4.66. The molecule has 0 saturated carbocycles. The van der Waals surface area contributed by atoms with Crippen LogP contribution in [-0.2, 0) is 19.9 Å². The van der Waals surface area contributed by atoms with Crippen molar-refractivity contribution in [1.29, 1.82) is 0 Å². The average Bonchev–Trinajstić information content (AvgIpc) is 2.86. The van der Waals surface area contributed by atoms with E-state index in [0.717, 1.165) is 17.5 Å². The van der Waals surface area contributed by atoms with Gasteiger partial charge in [-0.15, -0.1) is 0 Å². The third-order valence-corrected chi connectivity index (χ3v) is 4.87. The van der Waals surface area contributed by atoms with Crippen LogP contribution in [0.3, 0.4) is 0 Å². The summed E-state index contributed by atoms with van der Waals surface area (Å²) < 4.78 is 2.19. The summed E-state index contributed by atoms with van der Waals surface area (Å²) >= 11 is 6.03. The topological polar surface area (TPSA) is 17.8 Å². The van der Waals surface area contributed by atoms with E-state index in [4.69, 9.17) is 11.6 Å². The summed E-state index contributed by atoms with van der Waals surface area (Å²) in [5.74, 6) is 0. The van der Waals surface area contributed by atoms with Gasteiger partial charge in [0.15, 0.2) is 0 Å². The van der Waals surface area contributed by atoms with Gasteiger partial charge in [-0.1, -0.05) is 54.3 Å². The molecule has 0 amide bonds. The van der Waals surface area contributed by atoms with Crippen molar-refractivity contribution < 1.29 is 0 Å². The van der Waals surface area contributed by atoms with Gasteiger partial charge in [-0.3, -0.25) is 0 Å². The number of rotatable bonds is 7. The van der Waals surface area contributed by atoms with Crippen LogP contribution in [0.15, 0.2) is 42.6 Å². The molecule has 3 aromatic rings. The van der Waals surface area contributed by atoms with Crippen LogP contribution in [0.1, 0.15) is 42.5 Å². The summed E-state index contributed by atoms with van der Waals surface area (Å²) in [6.07, 6.45) is 9.09. The molecule has 0 unspecified atom stereocenters. The smallest absolute Gasteiger partial charge is 0.139 e. The second-order valence-corrected chi connectivity index (χ2v) is 7.10. The van der Waals surface area contributed by atoms with E-state index in [1.165, 1.54) is 48.9 Å². The molecule has 2 nitrogen and oxygen atoms in total. The molecule has 3 heteroatoms. The largest absolute Gasteiger partial charge is 0.333 e. The molecule has 2 aromatic heterocycles. The Labute approximate surface area is 149 Å². The minimum Gasteiger partial charge on any atom is -0.333 e. The van der Waals surface area contributed by atoms with E-state index in [1.807, 2.05) is 6.07 Å². The molecule has 0 fully saturated rings. The van der Waals surface area contributed by atoms with E-state index in [0.29, 0.717) is 5.02 Å². The standard InChI is InChI=1S/C21H25ClN2/c1-16-8-7-10-17(12-16)9-5-3-4-6-11-20-14-18-13-19(22)15-23-21(18)24(20)2/h7-8,10,12-15H,3-6,9,11H2,1-2H3. The van der Waals surface area contributed by atoms with Crippen molar-refractivity contribution in [2.24, 2.45) is 7.05 Å². The van der Waals surface area contributed by atoms with Crippen molar-refractivity contribution in [3.8, 4) is 0 Å². The summed E-state index contributed by atoms with van der Waals surface area (Å²) in [5.41, 5.74) is 5.19. The molecule has 0 bridgehead atoms. The lowest BCUT2D eigenvalue weighted by atomic mass is 10.0. The molecule has 2 heterocycles. The Balaban J connectivity index is 1.44. The van der Waals surface area contributed by atoms with Gasteiger partial charge < -0.3 is 4.57 Å². The van der Waals surface area contributed by atoms with Gasteiger partial charge in [-0.2, -0.15) is 0 Å². The van der Waals surface area contributed by atoms with Crippen molar-refractivity contribution in [1.82, 2.24) is 9.55 Å². The first-order chi connectivity index (χ1) is 11.6. The number of nitrogens with zero attached hydrogens (tertiary/aromatic N) is 2. The molecule has 1 aromatic carbocycles. The van der Waals surface area contributed by atoms with Crippen molar-refractivity contribution in [3.05, 3.63) is 64.4 Å². The molecule has 0 saturated heterocycles. The lowest BCUT2D eigenvalue weighted by Gasteiger charge is -2.05. The summed E-state index contributed by atoms with van der Waals surface area (Å²) in [7, 11) is 2.09. The number of unbranched alkanes of at least 4 members (excludes halogenated alkanes) is 3. The first-order valence-electron chi connectivity index (χ1n) is 8.79. The van der Waals surface area contributed by atoms with E-state index in [-0.39, 0.29) is 0 Å². The Kier molecular flexibility index (Phi) is 5.57. The average molecular weight is 341 g/mol. The Hall–Kier alpha value is -1.80. The second kappa shape index (κ2) is 7.85. The maximum atomic E-state index is 6.03. The number of pyridine rings is 1. The number of fused-ring (bicyclic) bond motifs is 1. The monoisotopic (exact) mass is 340 g/mol. The van der Waals surface area contributed by atoms with Crippen LogP contribution in [0.25, 0.3) is 11.0 Å². The maximum Gasteiger partial charge on any atom is 0.139 e. The molecule has 0 atom stereocenters. The molecule has 0 aliphatic heterocycles. The van der Waals surface area contributed by atoms with Crippen LogP contribution in [-0.4, -0.2) is 9.55 Å². The molecular formula is C21H25ClN2. The van der Waals surface area contributed by atoms with E-state index >= 15 is 0 Å². The number of aromatic nitrogens is 2. The number of hydrogen-bond donors (Lipinski definition) is 0. The number of halogens is 1. The fraction of sp³-hybridized carbons (Fsp3) is 0.381. The highest BCUT2D eigenvalue weighted by Crippen LogP contribution is 2.21. The van der Waals surface area contributed by atoms with Crippen LogP contribution < -0.4 is 0 Å². The molecule has 0 N–H and O–H groups in total. The normalized spacial score (nSPS) is 11.3. The van der Waals surface area contributed by atoms with Gasteiger partial charge in [0, 0.05) is 24.3 Å². The van der Waals surface area contributed by atoms with E-state index in [2.05, 4.69) is 53.9 Å². The first kappa shape index (κ1) is 17.0. The molecule has 0 spiro atoms. The fourth-order valence-electron chi connectivity index (χ4n) is 3.34. The number of hydrogen-bond acceptors (Lipinski definition) is 1. The molecular weight excluding hydrogens is 316 g/mol. The molecule has 3 rings (SSSR count). The number of benzene rings is 1. The minimum absolute atomic E-state index is 0.704. The molecule has 24 heavy (non-hydrogen) atoms.